The molecule has 0 spiro atoms. The minimum absolute atomic E-state index is 0.123. The Morgan fingerprint density at radius 2 is 1.32 bits per heavy atom. The molecule has 5 heteroatoms. The van der Waals surface area contributed by atoms with E-state index in [0.717, 1.165) is 67.8 Å². The van der Waals surface area contributed by atoms with Crippen LogP contribution in [0.3, 0.4) is 0 Å². The van der Waals surface area contributed by atoms with E-state index in [2.05, 4.69) is 27.9 Å². The van der Waals surface area contributed by atoms with Crippen LogP contribution in [0.4, 0.5) is 0 Å². The van der Waals surface area contributed by atoms with Gasteiger partial charge in [-0.25, -0.2) is 0 Å². The third-order valence-corrected chi connectivity index (χ3v) is 13.3. The van der Waals surface area contributed by atoms with Gasteiger partial charge >= 0.3 is 0 Å². The molecule has 5 nitrogen and oxygen atoms in total. The lowest BCUT2D eigenvalue weighted by Gasteiger charge is -2.61. The Balaban J connectivity index is 1.21. The summed E-state index contributed by atoms with van der Waals surface area (Å²) in [5, 5.41) is 11.8. The van der Waals surface area contributed by atoms with Gasteiger partial charge in [0.25, 0.3) is 0 Å². The number of aliphatic hydroxyl groups is 1. The topological polar surface area (TPSA) is 38.7 Å². The zero-order valence-electron chi connectivity index (χ0n) is 22.5. The van der Waals surface area contributed by atoms with Crippen molar-refractivity contribution in [3.8, 4) is 0 Å². The summed E-state index contributed by atoms with van der Waals surface area (Å²) in [4.78, 5) is 0. The normalized spacial score (nSPS) is 52.3. The van der Waals surface area contributed by atoms with Crippen LogP contribution < -0.4 is 0 Å². The zero-order valence-corrected chi connectivity index (χ0v) is 22.5. The van der Waals surface area contributed by atoms with E-state index in [1.54, 1.807) is 0 Å². The molecule has 0 aromatic carbocycles. The maximum absolute atomic E-state index is 11.8. The fourth-order valence-electron chi connectivity index (χ4n) is 10.6. The molecule has 0 bridgehead atoms. The Morgan fingerprint density at radius 1 is 0.706 bits per heavy atom. The third-order valence-electron chi connectivity index (χ3n) is 13.3. The number of quaternary nitrogens is 2. The molecule has 2 aliphatic heterocycles. The Hall–Kier alpha value is -0.200. The lowest BCUT2D eigenvalue weighted by atomic mass is 9.45. The first-order valence-electron chi connectivity index (χ1n) is 14.7. The van der Waals surface area contributed by atoms with Crippen LogP contribution in [0.15, 0.2) is 0 Å². The van der Waals surface area contributed by atoms with Crippen LogP contribution in [0.1, 0.15) is 65.2 Å². The van der Waals surface area contributed by atoms with Crippen molar-refractivity contribution in [2.75, 3.05) is 66.7 Å². The highest BCUT2D eigenvalue weighted by Crippen LogP contribution is 2.67. The fraction of sp³-hybridized carbons (Fsp3) is 1.00. The molecule has 1 N–H and O–H groups in total. The van der Waals surface area contributed by atoms with E-state index in [1.165, 1.54) is 68.9 Å². The third kappa shape index (κ3) is 3.50. The number of aliphatic hydroxyl groups excluding tert-OH is 1. The van der Waals surface area contributed by atoms with Crippen molar-refractivity contribution in [2.24, 2.45) is 34.5 Å². The van der Waals surface area contributed by atoms with E-state index in [1.807, 2.05) is 0 Å². The van der Waals surface area contributed by atoms with Crippen LogP contribution in [0, 0.1) is 34.5 Å². The van der Waals surface area contributed by atoms with Crippen molar-refractivity contribution in [1.29, 1.82) is 0 Å². The molecule has 9 atom stereocenters. The lowest BCUT2D eigenvalue weighted by Crippen LogP contribution is -2.62. The van der Waals surface area contributed by atoms with Gasteiger partial charge in [-0.05, 0) is 67.6 Å². The minimum Gasteiger partial charge on any atom is -0.386 e. The van der Waals surface area contributed by atoms with Gasteiger partial charge in [0.15, 0.2) is 0 Å². The van der Waals surface area contributed by atoms with Gasteiger partial charge < -0.3 is 23.5 Å². The quantitative estimate of drug-likeness (QED) is 0.618. The lowest BCUT2D eigenvalue weighted by molar-refractivity contribution is -0.943. The fourth-order valence-corrected chi connectivity index (χ4v) is 10.6. The highest BCUT2D eigenvalue weighted by Gasteiger charge is 2.65. The second-order valence-corrected chi connectivity index (χ2v) is 14.5. The number of rotatable bonds is 2. The van der Waals surface area contributed by atoms with Crippen molar-refractivity contribution >= 4 is 0 Å². The second-order valence-electron chi connectivity index (χ2n) is 14.5. The first-order valence-corrected chi connectivity index (χ1v) is 14.7. The molecule has 2 heterocycles. The Labute approximate surface area is 208 Å². The average Bonchev–Trinajstić information content (AvgIpc) is 3.11. The highest BCUT2D eigenvalue weighted by atomic mass is 16.5. The number of fused-ring (bicyclic) bond motifs is 5. The van der Waals surface area contributed by atoms with Crippen LogP contribution in [0.2, 0.25) is 0 Å². The van der Waals surface area contributed by atoms with Crippen molar-refractivity contribution < 1.29 is 23.5 Å². The predicted octanol–water partition coefficient (Wildman–Crippen LogP) is 3.69. The van der Waals surface area contributed by atoms with Crippen molar-refractivity contribution in [3.63, 3.8) is 0 Å². The summed E-state index contributed by atoms with van der Waals surface area (Å²) in [5.41, 5.74) is 0.644. The van der Waals surface area contributed by atoms with E-state index >= 15 is 0 Å². The molecule has 194 valence electrons. The van der Waals surface area contributed by atoms with E-state index in [4.69, 9.17) is 9.47 Å². The Morgan fingerprint density at radius 3 is 2.00 bits per heavy atom. The summed E-state index contributed by atoms with van der Waals surface area (Å²) in [5.74, 6) is 3.32. The van der Waals surface area contributed by atoms with Crippen LogP contribution >= 0.6 is 0 Å². The summed E-state index contributed by atoms with van der Waals surface area (Å²) < 4.78 is 13.7. The standard InChI is InChI=1S/C29H52N2O3/c1-28-9-7-22(30(3)11-15-33-16-12-30)19-21(28)5-6-23-24(28)8-10-29(2)25(23)20-26(27(29)32)31(4)13-17-34-18-14-31/h21-27,32H,5-20H2,1-4H3/q+2/t21-,22-,23+,24-,25-,26-,27-,28-,29-/m0/s1. The number of hydrogen-bond donors (Lipinski definition) is 1. The SMILES string of the molecule is C[C@]12CC[C@H]([N+]3(C)CCOCC3)C[C@@H]1CC[C@@H]1[C@@H]2CC[C@]2(C)[C@@H](O)[C@@H]([N+]3(C)CCOCC3)C[C@@H]12. The van der Waals surface area contributed by atoms with E-state index < -0.39 is 0 Å². The number of likely N-dealkylation sites (N-methyl/N-ethyl adjacent to an activating group) is 2. The molecule has 4 saturated carbocycles. The van der Waals surface area contributed by atoms with Crippen LogP contribution in [0.5, 0.6) is 0 Å². The molecular weight excluding hydrogens is 424 g/mol. The van der Waals surface area contributed by atoms with Crippen molar-refractivity contribution in [3.05, 3.63) is 0 Å². The van der Waals surface area contributed by atoms with E-state index in [-0.39, 0.29) is 11.5 Å². The Kier molecular flexibility index (Phi) is 5.97. The van der Waals surface area contributed by atoms with Crippen LogP contribution in [-0.4, -0.2) is 99.0 Å². The summed E-state index contributed by atoms with van der Waals surface area (Å²) in [7, 11) is 4.92. The molecule has 0 aromatic heterocycles. The van der Waals surface area contributed by atoms with Gasteiger partial charge in [-0.3, -0.25) is 0 Å². The van der Waals surface area contributed by atoms with Gasteiger partial charge in [-0.1, -0.05) is 13.8 Å². The number of nitrogens with zero attached hydrogens (tertiary/aromatic N) is 2. The number of ether oxygens (including phenoxy) is 2. The molecule has 34 heavy (non-hydrogen) atoms. The second kappa shape index (κ2) is 8.41. The average molecular weight is 477 g/mol. The maximum atomic E-state index is 11.8. The Bertz CT molecular complexity index is 762. The summed E-state index contributed by atoms with van der Waals surface area (Å²) in [6.45, 7) is 13.4. The summed E-state index contributed by atoms with van der Waals surface area (Å²) >= 11 is 0. The van der Waals surface area contributed by atoms with E-state index in [0.29, 0.717) is 17.4 Å². The first kappa shape index (κ1) is 24.2. The zero-order chi connectivity index (χ0) is 23.8. The predicted molar refractivity (Wildman–Crippen MR) is 134 cm³/mol. The number of morpholine rings is 2. The molecule has 6 aliphatic rings. The first-order chi connectivity index (χ1) is 16.2. The number of hydrogen-bond acceptors (Lipinski definition) is 3. The molecular formula is C29H52N2O3+2. The van der Waals surface area contributed by atoms with Gasteiger partial charge in [0, 0.05) is 18.3 Å². The van der Waals surface area contributed by atoms with Gasteiger partial charge in [0.05, 0.1) is 46.6 Å². The summed E-state index contributed by atoms with van der Waals surface area (Å²) in [6.07, 6.45) is 10.8. The van der Waals surface area contributed by atoms with E-state index in [9.17, 15) is 5.11 Å². The molecule has 0 radical (unpaired) electrons. The molecule has 6 fully saturated rings. The highest BCUT2D eigenvalue weighted by molar-refractivity contribution is 5.12. The van der Waals surface area contributed by atoms with Crippen molar-refractivity contribution in [2.45, 2.75) is 83.4 Å². The maximum Gasteiger partial charge on any atom is 0.116 e. The van der Waals surface area contributed by atoms with Gasteiger partial charge in [-0.2, -0.15) is 0 Å². The van der Waals surface area contributed by atoms with Crippen LogP contribution in [-0.2, 0) is 9.47 Å². The molecule has 2 saturated heterocycles. The smallest absolute Gasteiger partial charge is 0.116 e. The molecule has 6 rings (SSSR count). The molecule has 0 amide bonds. The molecule has 0 unspecified atom stereocenters. The largest absolute Gasteiger partial charge is 0.386 e. The van der Waals surface area contributed by atoms with Crippen LogP contribution in [0.25, 0.3) is 0 Å². The summed E-state index contributed by atoms with van der Waals surface area (Å²) in [6, 6.07) is 1.25. The monoisotopic (exact) mass is 476 g/mol. The van der Waals surface area contributed by atoms with Gasteiger partial charge in [0.1, 0.15) is 38.3 Å². The van der Waals surface area contributed by atoms with Crippen molar-refractivity contribution in [1.82, 2.24) is 0 Å². The molecule has 4 aliphatic carbocycles. The van der Waals surface area contributed by atoms with Gasteiger partial charge in [0.2, 0.25) is 0 Å². The van der Waals surface area contributed by atoms with Gasteiger partial charge in [-0.15, -0.1) is 0 Å². The minimum atomic E-state index is -0.145. The molecule has 0 aromatic rings.